The molecule has 62 valence electrons. The van der Waals surface area contributed by atoms with Gasteiger partial charge in [-0.2, -0.15) is 0 Å². The summed E-state index contributed by atoms with van der Waals surface area (Å²) in [7, 11) is 0. The Labute approximate surface area is 68.9 Å². The minimum atomic E-state index is 0.559. The summed E-state index contributed by atoms with van der Waals surface area (Å²) < 4.78 is 0. The van der Waals surface area contributed by atoms with E-state index in [1.165, 1.54) is 37.8 Å². The molecule has 1 N–H and O–H groups in total. The van der Waals surface area contributed by atoms with Crippen molar-refractivity contribution in [3.05, 3.63) is 12.2 Å². The minimum absolute atomic E-state index is 0.559. The van der Waals surface area contributed by atoms with E-state index in [9.17, 15) is 0 Å². The third-order valence-electron chi connectivity index (χ3n) is 3.37. The molecule has 2 fully saturated rings. The monoisotopic (exact) mass is 151 g/mol. The van der Waals surface area contributed by atoms with E-state index in [0.717, 1.165) is 5.92 Å². The molecule has 1 heteroatoms. The topological polar surface area (TPSA) is 12.0 Å². The molecule has 1 aliphatic heterocycles. The SMILES string of the molecule is C=C(C)C1CNC2(CCC2)C1. The molecule has 1 aliphatic carbocycles. The van der Waals surface area contributed by atoms with E-state index in [1.807, 2.05) is 0 Å². The second-order valence-electron chi connectivity index (χ2n) is 4.26. The average molecular weight is 151 g/mol. The summed E-state index contributed by atoms with van der Waals surface area (Å²) in [6.45, 7) is 7.35. The highest BCUT2D eigenvalue weighted by Gasteiger charge is 2.43. The first kappa shape index (κ1) is 7.35. The van der Waals surface area contributed by atoms with Gasteiger partial charge < -0.3 is 5.32 Å². The van der Waals surface area contributed by atoms with Crippen LogP contribution in [-0.4, -0.2) is 12.1 Å². The van der Waals surface area contributed by atoms with Gasteiger partial charge in [-0.15, -0.1) is 0 Å². The highest BCUT2D eigenvalue weighted by Crippen LogP contribution is 2.42. The lowest BCUT2D eigenvalue weighted by Crippen LogP contribution is -2.45. The molecule has 1 spiro atoms. The number of hydrogen-bond donors (Lipinski definition) is 1. The summed E-state index contributed by atoms with van der Waals surface area (Å²) >= 11 is 0. The molecule has 1 atom stereocenters. The molecule has 0 aromatic heterocycles. The van der Waals surface area contributed by atoms with Crippen molar-refractivity contribution in [1.29, 1.82) is 0 Å². The number of nitrogens with one attached hydrogen (secondary N) is 1. The van der Waals surface area contributed by atoms with Crippen molar-refractivity contribution in [2.75, 3.05) is 6.54 Å². The number of rotatable bonds is 1. The molecule has 1 unspecified atom stereocenters. The highest BCUT2D eigenvalue weighted by atomic mass is 15.0. The summed E-state index contributed by atoms with van der Waals surface area (Å²) in [6.07, 6.45) is 5.58. The second-order valence-corrected chi connectivity index (χ2v) is 4.26. The largest absolute Gasteiger partial charge is 0.311 e. The lowest BCUT2D eigenvalue weighted by atomic mass is 9.74. The molecule has 0 radical (unpaired) electrons. The summed E-state index contributed by atoms with van der Waals surface area (Å²) in [5.74, 6) is 0.760. The van der Waals surface area contributed by atoms with Gasteiger partial charge in [-0.3, -0.25) is 0 Å². The van der Waals surface area contributed by atoms with Gasteiger partial charge >= 0.3 is 0 Å². The number of hydrogen-bond acceptors (Lipinski definition) is 1. The van der Waals surface area contributed by atoms with Gasteiger partial charge in [0, 0.05) is 12.1 Å². The Morgan fingerprint density at radius 2 is 2.27 bits per heavy atom. The Hall–Kier alpha value is -0.300. The fraction of sp³-hybridized carbons (Fsp3) is 0.800. The first-order chi connectivity index (χ1) is 5.22. The van der Waals surface area contributed by atoms with Crippen molar-refractivity contribution in [2.45, 2.75) is 38.1 Å². The predicted molar refractivity (Wildman–Crippen MR) is 47.5 cm³/mol. The first-order valence-corrected chi connectivity index (χ1v) is 4.62. The van der Waals surface area contributed by atoms with Gasteiger partial charge in [0.1, 0.15) is 0 Å². The third kappa shape index (κ3) is 1.12. The van der Waals surface area contributed by atoms with Crippen LogP contribution < -0.4 is 5.32 Å². The average Bonchev–Trinajstić information content (AvgIpc) is 2.28. The summed E-state index contributed by atoms with van der Waals surface area (Å²) in [6, 6.07) is 0. The molecular weight excluding hydrogens is 134 g/mol. The van der Waals surface area contributed by atoms with Crippen LogP contribution in [0, 0.1) is 5.92 Å². The van der Waals surface area contributed by atoms with E-state index in [0.29, 0.717) is 5.54 Å². The van der Waals surface area contributed by atoms with Gasteiger partial charge in [-0.1, -0.05) is 12.2 Å². The molecule has 1 nitrogen and oxygen atoms in total. The van der Waals surface area contributed by atoms with E-state index in [4.69, 9.17) is 0 Å². The predicted octanol–water partition coefficient (Wildman–Crippen LogP) is 2.09. The molecule has 0 amide bonds. The van der Waals surface area contributed by atoms with Crippen LogP contribution in [0.4, 0.5) is 0 Å². The zero-order valence-electron chi connectivity index (χ0n) is 7.32. The van der Waals surface area contributed by atoms with E-state index >= 15 is 0 Å². The Balaban J connectivity index is 1.98. The quantitative estimate of drug-likeness (QED) is 0.566. The minimum Gasteiger partial charge on any atom is -0.311 e. The Bertz CT molecular complexity index is 179. The smallest absolute Gasteiger partial charge is 0.0188 e. The molecule has 11 heavy (non-hydrogen) atoms. The third-order valence-corrected chi connectivity index (χ3v) is 3.37. The fourth-order valence-electron chi connectivity index (χ4n) is 2.29. The summed E-state index contributed by atoms with van der Waals surface area (Å²) in [4.78, 5) is 0. The van der Waals surface area contributed by atoms with Crippen LogP contribution in [0.15, 0.2) is 12.2 Å². The second kappa shape index (κ2) is 2.34. The van der Waals surface area contributed by atoms with Gasteiger partial charge in [0.05, 0.1) is 0 Å². The maximum absolute atomic E-state index is 4.02. The van der Waals surface area contributed by atoms with Crippen molar-refractivity contribution in [3.63, 3.8) is 0 Å². The zero-order chi connectivity index (χ0) is 7.90. The van der Waals surface area contributed by atoms with Crippen molar-refractivity contribution in [3.8, 4) is 0 Å². The molecular formula is C10H17N. The normalized spacial score (nSPS) is 33.7. The van der Waals surface area contributed by atoms with Gasteiger partial charge in [-0.25, -0.2) is 0 Å². The van der Waals surface area contributed by atoms with Gasteiger partial charge in [0.2, 0.25) is 0 Å². The van der Waals surface area contributed by atoms with Crippen molar-refractivity contribution in [1.82, 2.24) is 5.32 Å². The first-order valence-electron chi connectivity index (χ1n) is 4.62. The van der Waals surface area contributed by atoms with Crippen molar-refractivity contribution < 1.29 is 0 Å². The molecule has 0 aromatic carbocycles. The van der Waals surface area contributed by atoms with E-state index in [2.05, 4.69) is 18.8 Å². The Morgan fingerprint density at radius 1 is 1.55 bits per heavy atom. The standard InChI is InChI=1S/C10H17N/c1-8(2)9-6-10(11-7-9)4-3-5-10/h9,11H,1,3-7H2,2H3. The lowest BCUT2D eigenvalue weighted by molar-refractivity contribution is 0.212. The Kier molecular flexibility index (Phi) is 1.57. The van der Waals surface area contributed by atoms with Crippen LogP contribution >= 0.6 is 0 Å². The molecule has 0 bridgehead atoms. The van der Waals surface area contributed by atoms with Crippen LogP contribution in [0.3, 0.4) is 0 Å². The Morgan fingerprint density at radius 3 is 2.55 bits per heavy atom. The molecule has 2 aliphatic rings. The molecule has 1 heterocycles. The lowest BCUT2D eigenvalue weighted by Gasteiger charge is -2.38. The fourth-order valence-corrected chi connectivity index (χ4v) is 2.29. The summed E-state index contributed by atoms with van der Waals surface area (Å²) in [5, 5.41) is 3.64. The van der Waals surface area contributed by atoms with Crippen molar-refractivity contribution >= 4 is 0 Å². The molecule has 0 aromatic rings. The van der Waals surface area contributed by atoms with Crippen LogP contribution in [0.2, 0.25) is 0 Å². The van der Waals surface area contributed by atoms with Crippen LogP contribution in [0.1, 0.15) is 32.6 Å². The van der Waals surface area contributed by atoms with E-state index in [1.54, 1.807) is 0 Å². The highest BCUT2D eigenvalue weighted by molar-refractivity contribution is 5.10. The van der Waals surface area contributed by atoms with E-state index in [-0.39, 0.29) is 0 Å². The molecule has 1 saturated heterocycles. The van der Waals surface area contributed by atoms with Crippen LogP contribution in [0.25, 0.3) is 0 Å². The van der Waals surface area contributed by atoms with Gasteiger partial charge in [0.15, 0.2) is 0 Å². The zero-order valence-corrected chi connectivity index (χ0v) is 7.32. The van der Waals surface area contributed by atoms with Gasteiger partial charge in [0.25, 0.3) is 0 Å². The van der Waals surface area contributed by atoms with E-state index < -0.39 is 0 Å². The van der Waals surface area contributed by atoms with Crippen molar-refractivity contribution in [2.24, 2.45) is 5.92 Å². The maximum Gasteiger partial charge on any atom is 0.0188 e. The van der Waals surface area contributed by atoms with Gasteiger partial charge in [-0.05, 0) is 38.5 Å². The maximum atomic E-state index is 4.02. The summed E-state index contributed by atoms with van der Waals surface area (Å²) in [5.41, 5.74) is 1.92. The van der Waals surface area contributed by atoms with Crippen LogP contribution in [0.5, 0.6) is 0 Å². The molecule has 1 saturated carbocycles. The van der Waals surface area contributed by atoms with Crippen LogP contribution in [-0.2, 0) is 0 Å². The molecule has 2 rings (SSSR count).